The van der Waals surface area contributed by atoms with Gasteiger partial charge in [0.25, 0.3) is 0 Å². The zero-order valence-electron chi connectivity index (χ0n) is 14.3. The third-order valence-corrected chi connectivity index (χ3v) is 4.95. The molecule has 0 aromatic heterocycles. The summed E-state index contributed by atoms with van der Waals surface area (Å²) >= 11 is 0. The van der Waals surface area contributed by atoms with Crippen LogP contribution in [-0.2, 0) is 0 Å². The summed E-state index contributed by atoms with van der Waals surface area (Å²) in [7, 11) is 0. The number of aliphatic hydroxyl groups is 1. The average molecular weight is 311 g/mol. The second kappa shape index (κ2) is 8.16. The Morgan fingerprint density at radius 2 is 1.77 bits per heavy atom. The number of carbonyl (C=O) groups excluding carboxylic acids is 1. The van der Waals surface area contributed by atoms with Crippen LogP contribution in [0.5, 0.6) is 0 Å². The summed E-state index contributed by atoms with van der Waals surface area (Å²) in [5, 5.41) is 13.2. The number of hydrogen-bond donors (Lipinski definition) is 2. The predicted octanol–water partition coefficient (Wildman–Crippen LogP) is 2.20. The largest absolute Gasteiger partial charge is 0.390 e. The number of hydrogen-bond acceptors (Lipinski definition) is 3. The summed E-state index contributed by atoms with van der Waals surface area (Å²) in [6.07, 6.45) is 7.56. The number of nitrogens with one attached hydrogen (secondary N) is 1. The molecule has 2 rings (SSSR count). The van der Waals surface area contributed by atoms with Gasteiger partial charge in [-0.05, 0) is 59.0 Å². The summed E-state index contributed by atoms with van der Waals surface area (Å²) in [6, 6.07) is 0.203. The van der Waals surface area contributed by atoms with Crippen LogP contribution in [0.3, 0.4) is 0 Å². The number of rotatable bonds is 3. The van der Waals surface area contributed by atoms with Crippen LogP contribution in [0.15, 0.2) is 0 Å². The van der Waals surface area contributed by atoms with Crippen LogP contribution < -0.4 is 5.32 Å². The van der Waals surface area contributed by atoms with E-state index in [9.17, 15) is 9.90 Å². The van der Waals surface area contributed by atoms with Gasteiger partial charge in [-0.2, -0.15) is 0 Å². The third-order valence-electron chi connectivity index (χ3n) is 4.95. The topological polar surface area (TPSA) is 55.8 Å². The van der Waals surface area contributed by atoms with Crippen LogP contribution in [0.1, 0.15) is 58.8 Å². The maximum absolute atomic E-state index is 12.4. The van der Waals surface area contributed by atoms with E-state index in [0.717, 1.165) is 39.0 Å². The van der Waals surface area contributed by atoms with Crippen molar-refractivity contribution in [3.63, 3.8) is 0 Å². The van der Waals surface area contributed by atoms with Gasteiger partial charge in [0, 0.05) is 25.7 Å². The Labute approximate surface area is 135 Å². The number of urea groups is 1. The number of carbonyl (C=O) groups is 1. The van der Waals surface area contributed by atoms with Gasteiger partial charge in [0.15, 0.2) is 0 Å². The van der Waals surface area contributed by atoms with Gasteiger partial charge in [0.05, 0.1) is 5.60 Å². The third kappa shape index (κ3) is 5.76. The lowest BCUT2D eigenvalue weighted by Crippen LogP contribution is -2.48. The predicted molar refractivity (Wildman–Crippen MR) is 88.9 cm³/mol. The molecule has 0 unspecified atom stereocenters. The highest BCUT2D eigenvalue weighted by Crippen LogP contribution is 2.21. The van der Waals surface area contributed by atoms with Crippen LogP contribution in [0.25, 0.3) is 0 Å². The number of nitrogens with zero attached hydrogens (tertiary/aromatic N) is 2. The highest BCUT2D eigenvalue weighted by atomic mass is 16.3. The van der Waals surface area contributed by atoms with E-state index in [-0.39, 0.29) is 12.1 Å². The number of likely N-dealkylation sites (tertiary alicyclic amines) is 2. The van der Waals surface area contributed by atoms with Crippen LogP contribution in [0.2, 0.25) is 0 Å². The van der Waals surface area contributed by atoms with Gasteiger partial charge in [0.1, 0.15) is 0 Å². The fraction of sp³-hybridized carbons (Fsp3) is 0.941. The van der Waals surface area contributed by atoms with Gasteiger partial charge in [-0.3, -0.25) is 0 Å². The van der Waals surface area contributed by atoms with Crippen molar-refractivity contribution in [3.8, 4) is 0 Å². The van der Waals surface area contributed by atoms with Crippen LogP contribution >= 0.6 is 0 Å². The van der Waals surface area contributed by atoms with Crippen molar-refractivity contribution in [2.45, 2.75) is 70.4 Å². The molecule has 0 spiro atoms. The molecule has 0 saturated carbocycles. The van der Waals surface area contributed by atoms with Gasteiger partial charge in [-0.15, -0.1) is 0 Å². The standard InChI is InChI=1S/C17H33N3O2/c1-15(14-19-10-5-3-4-6-11-19)18-16(21)20-12-7-8-17(2,22)9-13-20/h15,22H,3-14H2,1-2H3,(H,18,21)/t15-,17-/m1/s1. The molecule has 2 heterocycles. The van der Waals surface area contributed by atoms with E-state index in [0.29, 0.717) is 13.0 Å². The Kier molecular flexibility index (Phi) is 6.50. The molecular weight excluding hydrogens is 278 g/mol. The summed E-state index contributed by atoms with van der Waals surface area (Å²) in [5.74, 6) is 0. The SMILES string of the molecule is C[C@H](CN1CCCCCC1)NC(=O)N1CCC[C@@](C)(O)CC1. The van der Waals surface area contributed by atoms with Crippen LogP contribution in [-0.4, -0.2) is 65.3 Å². The van der Waals surface area contributed by atoms with Crippen molar-refractivity contribution in [2.75, 3.05) is 32.7 Å². The normalized spacial score (nSPS) is 29.5. The zero-order valence-corrected chi connectivity index (χ0v) is 14.3. The Morgan fingerprint density at radius 3 is 2.45 bits per heavy atom. The highest BCUT2D eigenvalue weighted by Gasteiger charge is 2.27. The maximum atomic E-state index is 12.4. The monoisotopic (exact) mass is 311 g/mol. The minimum atomic E-state index is -0.618. The summed E-state index contributed by atoms with van der Waals surface area (Å²) in [5.41, 5.74) is -0.618. The Hall–Kier alpha value is -0.810. The lowest BCUT2D eigenvalue weighted by atomic mass is 9.98. The Morgan fingerprint density at radius 1 is 1.09 bits per heavy atom. The van der Waals surface area contributed by atoms with E-state index in [4.69, 9.17) is 0 Å². The smallest absolute Gasteiger partial charge is 0.317 e. The molecule has 2 N–H and O–H groups in total. The first-order valence-electron chi connectivity index (χ1n) is 8.96. The van der Waals surface area contributed by atoms with E-state index >= 15 is 0 Å². The molecule has 5 heteroatoms. The fourth-order valence-electron chi connectivity index (χ4n) is 3.52. The highest BCUT2D eigenvalue weighted by molar-refractivity contribution is 5.74. The van der Waals surface area contributed by atoms with E-state index in [2.05, 4.69) is 17.1 Å². The van der Waals surface area contributed by atoms with Crippen molar-refractivity contribution < 1.29 is 9.90 Å². The summed E-state index contributed by atoms with van der Waals surface area (Å²) in [6.45, 7) is 8.62. The molecule has 2 fully saturated rings. The first-order chi connectivity index (χ1) is 10.5. The van der Waals surface area contributed by atoms with Gasteiger partial charge < -0.3 is 20.2 Å². The van der Waals surface area contributed by atoms with Crippen LogP contribution in [0, 0.1) is 0 Å². The van der Waals surface area contributed by atoms with Crippen molar-refractivity contribution in [1.82, 2.24) is 15.1 Å². The molecule has 2 saturated heterocycles. The maximum Gasteiger partial charge on any atom is 0.317 e. The van der Waals surface area contributed by atoms with Gasteiger partial charge >= 0.3 is 6.03 Å². The molecule has 22 heavy (non-hydrogen) atoms. The van der Waals surface area contributed by atoms with Gasteiger partial charge in [0.2, 0.25) is 0 Å². The molecule has 2 aliphatic rings. The Balaban J connectivity index is 1.75. The molecule has 0 radical (unpaired) electrons. The summed E-state index contributed by atoms with van der Waals surface area (Å²) < 4.78 is 0. The quantitative estimate of drug-likeness (QED) is 0.840. The van der Waals surface area contributed by atoms with Crippen molar-refractivity contribution in [3.05, 3.63) is 0 Å². The molecule has 0 aromatic carbocycles. The molecule has 0 bridgehead atoms. The lowest BCUT2D eigenvalue weighted by Gasteiger charge is -2.28. The van der Waals surface area contributed by atoms with Crippen molar-refractivity contribution >= 4 is 6.03 Å². The van der Waals surface area contributed by atoms with E-state index in [1.165, 1.54) is 25.7 Å². The van der Waals surface area contributed by atoms with E-state index in [1.807, 2.05) is 11.8 Å². The zero-order chi connectivity index (χ0) is 16.0. The second-order valence-corrected chi connectivity index (χ2v) is 7.40. The van der Waals surface area contributed by atoms with Gasteiger partial charge in [-0.25, -0.2) is 4.79 Å². The molecule has 0 aliphatic carbocycles. The van der Waals surface area contributed by atoms with E-state index in [1.54, 1.807) is 0 Å². The minimum Gasteiger partial charge on any atom is -0.390 e. The average Bonchev–Trinajstić information content (AvgIpc) is 2.79. The molecule has 2 aliphatic heterocycles. The molecule has 128 valence electrons. The number of amides is 2. The first-order valence-corrected chi connectivity index (χ1v) is 8.96. The molecule has 5 nitrogen and oxygen atoms in total. The molecule has 0 aromatic rings. The lowest BCUT2D eigenvalue weighted by molar-refractivity contribution is 0.0456. The van der Waals surface area contributed by atoms with Crippen molar-refractivity contribution in [1.29, 1.82) is 0 Å². The minimum absolute atomic E-state index is 0.0278. The Bertz CT molecular complexity index is 352. The molecule has 2 amide bonds. The van der Waals surface area contributed by atoms with Gasteiger partial charge in [-0.1, -0.05) is 12.8 Å². The first kappa shape index (κ1) is 17.5. The molecule has 2 atom stereocenters. The summed E-state index contributed by atoms with van der Waals surface area (Å²) in [4.78, 5) is 16.7. The molecular formula is C17H33N3O2. The van der Waals surface area contributed by atoms with E-state index < -0.39 is 5.60 Å². The van der Waals surface area contributed by atoms with Crippen molar-refractivity contribution in [2.24, 2.45) is 0 Å². The second-order valence-electron chi connectivity index (χ2n) is 7.40. The van der Waals surface area contributed by atoms with Crippen LogP contribution in [0.4, 0.5) is 4.79 Å². The fourth-order valence-corrected chi connectivity index (χ4v) is 3.52.